The lowest BCUT2D eigenvalue weighted by Gasteiger charge is -2.44. The first-order chi connectivity index (χ1) is 35.7. The summed E-state index contributed by atoms with van der Waals surface area (Å²) in [5, 5.41) is 12.6. The van der Waals surface area contributed by atoms with Gasteiger partial charge in [0.2, 0.25) is 0 Å². The van der Waals surface area contributed by atoms with Crippen LogP contribution in [-0.4, -0.2) is 21.2 Å². The maximum atomic E-state index is 10.4. The predicted molar refractivity (Wildman–Crippen MR) is 297 cm³/mol. The van der Waals surface area contributed by atoms with Gasteiger partial charge in [0, 0.05) is 61.6 Å². The van der Waals surface area contributed by atoms with E-state index >= 15 is 0 Å². The minimum absolute atomic E-state index is 0.0274. The Hall–Kier alpha value is -9.77. The zero-order valence-corrected chi connectivity index (χ0v) is 38.9. The topological polar surface area (TPSA) is 61.0 Å². The highest BCUT2D eigenvalue weighted by molar-refractivity contribution is 7.00. The van der Waals surface area contributed by atoms with Gasteiger partial charge in [-0.1, -0.05) is 158 Å². The Morgan fingerprint density at radius 3 is 1.47 bits per heavy atom. The van der Waals surface area contributed by atoms with E-state index in [1.807, 2.05) is 54.6 Å². The zero-order valence-electron chi connectivity index (χ0n) is 38.9. The number of nitriles is 1. The molecule has 0 radical (unpaired) electrons. The molecule has 12 aromatic rings. The third-order valence-electron chi connectivity index (χ3n) is 14.4. The molecule has 0 saturated carbocycles. The molecule has 72 heavy (non-hydrogen) atoms. The van der Waals surface area contributed by atoms with E-state index < -0.39 is 0 Å². The Bertz CT molecular complexity index is 3960. The molecule has 0 saturated heterocycles. The SMILES string of the molecule is N#Cc1ccc(-n2c3ccccc3c3cc(-c4cc5c6c(c4)N(c4ccccc4)c4ccccc4B6c4ccccc4N5c4ccccc4)ccc32)c(-c2nc(-c3ccccc3)cc(-c3ccccc3)n2)c1. The van der Waals surface area contributed by atoms with Gasteiger partial charge in [0.05, 0.1) is 39.7 Å². The number of rotatable bonds is 7. The van der Waals surface area contributed by atoms with Gasteiger partial charge in [-0.2, -0.15) is 5.26 Å². The second-order valence-electron chi connectivity index (χ2n) is 18.4. The molecule has 2 aromatic heterocycles. The molecule has 4 heterocycles. The molecule has 0 amide bonds. The molecule has 10 aromatic carbocycles. The number of anilines is 6. The number of aromatic nitrogens is 3. The van der Waals surface area contributed by atoms with E-state index in [9.17, 15) is 5.26 Å². The van der Waals surface area contributed by atoms with Crippen LogP contribution in [0.5, 0.6) is 0 Å². The van der Waals surface area contributed by atoms with Crippen LogP contribution in [-0.2, 0) is 0 Å². The van der Waals surface area contributed by atoms with Crippen molar-refractivity contribution >= 4 is 79.0 Å². The van der Waals surface area contributed by atoms with E-state index in [1.54, 1.807) is 0 Å². The van der Waals surface area contributed by atoms with Crippen LogP contribution < -0.4 is 26.2 Å². The van der Waals surface area contributed by atoms with Crippen molar-refractivity contribution in [3.8, 4) is 56.8 Å². The Morgan fingerprint density at radius 2 is 0.889 bits per heavy atom. The van der Waals surface area contributed by atoms with Gasteiger partial charge in [-0.25, -0.2) is 9.97 Å². The Balaban J connectivity index is 1.00. The number of hydrogen-bond donors (Lipinski definition) is 0. The van der Waals surface area contributed by atoms with Crippen molar-refractivity contribution in [2.45, 2.75) is 0 Å². The third kappa shape index (κ3) is 6.58. The van der Waals surface area contributed by atoms with Crippen molar-refractivity contribution < 1.29 is 0 Å². The van der Waals surface area contributed by atoms with Crippen LogP contribution in [0.2, 0.25) is 0 Å². The molecule has 2 aliphatic rings. The Morgan fingerprint density at radius 1 is 0.375 bits per heavy atom. The summed E-state index contributed by atoms with van der Waals surface area (Å²) in [4.78, 5) is 15.4. The molecule has 334 valence electrons. The standard InChI is InChI=1S/C65H41BN6/c67-42-43-33-35-59(52(37-43)65-68-55(44-19-5-1-6-20-44)41-56(69-65)45-21-7-2-8-22-45)72-57-30-16-13-27-50(57)51-38-46(34-36-58(51)72)47-39-62-64-63(40-47)71(49-25-11-4-12-26-49)61-32-18-15-29-54(61)66(64)53-28-14-17-31-60(53)70(62)48-23-9-3-10-24-48/h1-41H. The van der Waals surface area contributed by atoms with Gasteiger partial charge < -0.3 is 14.4 Å². The average molecular weight is 917 g/mol. The van der Waals surface area contributed by atoms with Gasteiger partial charge in [-0.05, 0) is 119 Å². The lowest BCUT2D eigenvalue weighted by atomic mass is 9.33. The molecule has 14 rings (SSSR count). The van der Waals surface area contributed by atoms with E-state index in [0.29, 0.717) is 11.4 Å². The van der Waals surface area contributed by atoms with Crippen LogP contribution in [0, 0.1) is 11.3 Å². The number of para-hydroxylation sites is 5. The lowest BCUT2D eigenvalue weighted by molar-refractivity contribution is 1.14. The molecule has 0 spiro atoms. The Labute approximate surface area is 417 Å². The van der Waals surface area contributed by atoms with E-state index in [0.717, 1.165) is 89.4 Å². The first kappa shape index (κ1) is 41.2. The largest absolute Gasteiger partial charge is 0.311 e. The summed E-state index contributed by atoms with van der Waals surface area (Å²) in [5.41, 5.74) is 20.8. The summed E-state index contributed by atoms with van der Waals surface area (Å²) >= 11 is 0. The van der Waals surface area contributed by atoms with Gasteiger partial charge in [-0.15, -0.1) is 0 Å². The van der Waals surface area contributed by atoms with Crippen LogP contribution in [0.3, 0.4) is 0 Å². The second kappa shape index (κ2) is 16.7. The molecule has 0 atom stereocenters. The quantitative estimate of drug-likeness (QED) is 0.149. The van der Waals surface area contributed by atoms with Crippen LogP contribution in [0.1, 0.15) is 5.56 Å². The molecule has 0 aliphatic carbocycles. The molecular weight excluding hydrogens is 876 g/mol. The first-order valence-corrected chi connectivity index (χ1v) is 24.3. The third-order valence-corrected chi connectivity index (χ3v) is 14.4. The monoisotopic (exact) mass is 916 g/mol. The molecule has 7 heteroatoms. The highest BCUT2D eigenvalue weighted by atomic mass is 15.2. The van der Waals surface area contributed by atoms with Gasteiger partial charge in [0.15, 0.2) is 5.82 Å². The van der Waals surface area contributed by atoms with Crippen molar-refractivity contribution in [3.05, 3.63) is 254 Å². The van der Waals surface area contributed by atoms with E-state index in [2.05, 4.69) is 215 Å². The summed E-state index contributed by atoms with van der Waals surface area (Å²) in [6, 6.07) is 90.4. The fourth-order valence-electron chi connectivity index (χ4n) is 11.2. The van der Waals surface area contributed by atoms with Gasteiger partial charge >= 0.3 is 0 Å². The highest BCUT2D eigenvalue weighted by Gasteiger charge is 2.43. The van der Waals surface area contributed by atoms with Crippen molar-refractivity contribution in [3.63, 3.8) is 0 Å². The van der Waals surface area contributed by atoms with E-state index in [-0.39, 0.29) is 6.71 Å². The maximum absolute atomic E-state index is 10.4. The number of hydrogen-bond acceptors (Lipinski definition) is 5. The van der Waals surface area contributed by atoms with Crippen molar-refractivity contribution in [1.82, 2.24) is 14.5 Å². The average Bonchev–Trinajstić information content (AvgIpc) is 3.79. The zero-order chi connectivity index (χ0) is 47.7. The first-order valence-electron chi connectivity index (χ1n) is 24.3. The normalized spacial score (nSPS) is 12.3. The fraction of sp³-hybridized carbons (Fsp3) is 0. The molecule has 0 fully saturated rings. The van der Waals surface area contributed by atoms with Gasteiger partial charge in [0.25, 0.3) is 6.71 Å². The van der Waals surface area contributed by atoms with Gasteiger partial charge in [0.1, 0.15) is 0 Å². The van der Waals surface area contributed by atoms with E-state index in [4.69, 9.17) is 9.97 Å². The molecule has 0 bridgehead atoms. The van der Waals surface area contributed by atoms with Crippen LogP contribution in [0.15, 0.2) is 249 Å². The summed E-state index contributed by atoms with van der Waals surface area (Å²) in [5.74, 6) is 0.542. The van der Waals surface area contributed by atoms with Crippen molar-refractivity contribution in [2.75, 3.05) is 9.80 Å². The lowest BCUT2D eigenvalue weighted by Crippen LogP contribution is -2.61. The fourth-order valence-corrected chi connectivity index (χ4v) is 11.2. The Kier molecular flexibility index (Phi) is 9.58. The molecule has 6 nitrogen and oxygen atoms in total. The maximum Gasteiger partial charge on any atom is 0.252 e. The van der Waals surface area contributed by atoms with Crippen LogP contribution in [0.4, 0.5) is 34.1 Å². The summed E-state index contributed by atoms with van der Waals surface area (Å²) in [6.07, 6.45) is 0. The highest BCUT2D eigenvalue weighted by Crippen LogP contribution is 2.47. The molecule has 0 unspecified atom stereocenters. The number of fused-ring (bicyclic) bond motifs is 7. The second-order valence-corrected chi connectivity index (χ2v) is 18.4. The van der Waals surface area contributed by atoms with Crippen LogP contribution >= 0.6 is 0 Å². The smallest absolute Gasteiger partial charge is 0.252 e. The van der Waals surface area contributed by atoms with Crippen molar-refractivity contribution in [1.29, 1.82) is 5.26 Å². The number of benzene rings is 10. The molecule has 0 N–H and O–H groups in total. The minimum atomic E-state index is 0.0274. The summed E-state index contributed by atoms with van der Waals surface area (Å²) in [6.45, 7) is 0.0274. The number of nitrogens with zero attached hydrogens (tertiary/aromatic N) is 6. The van der Waals surface area contributed by atoms with E-state index in [1.165, 1.54) is 27.8 Å². The van der Waals surface area contributed by atoms with Crippen LogP contribution in [0.25, 0.3) is 72.5 Å². The van der Waals surface area contributed by atoms with Crippen molar-refractivity contribution in [2.24, 2.45) is 0 Å². The summed E-state index contributed by atoms with van der Waals surface area (Å²) in [7, 11) is 0. The minimum Gasteiger partial charge on any atom is -0.311 e. The molecular formula is C65H41BN6. The molecule has 2 aliphatic heterocycles. The summed E-state index contributed by atoms with van der Waals surface area (Å²) < 4.78 is 2.31. The predicted octanol–water partition coefficient (Wildman–Crippen LogP) is 14.2. The van der Waals surface area contributed by atoms with Gasteiger partial charge in [-0.3, -0.25) is 0 Å².